The van der Waals surface area contributed by atoms with Gasteiger partial charge in [0, 0.05) is 16.6 Å². The number of aryl methyl sites for hydroxylation is 1. The van der Waals surface area contributed by atoms with E-state index < -0.39 is 11.9 Å². The predicted molar refractivity (Wildman–Crippen MR) is 64.3 cm³/mol. The third kappa shape index (κ3) is 3.51. The topological polar surface area (TPSA) is 66.4 Å². The molecule has 1 aromatic rings. The first-order chi connectivity index (χ1) is 7.50. The van der Waals surface area contributed by atoms with Gasteiger partial charge in [-0.1, -0.05) is 12.1 Å². The van der Waals surface area contributed by atoms with E-state index >= 15 is 0 Å². The van der Waals surface area contributed by atoms with E-state index in [4.69, 9.17) is 5.11 Å². The van der Waals surface area contributed by atoms with Crippen LogP contribution in [0.2, 0.25) is 0 Å². The lowest BCUT2D eigenvalue weighted by atomic mass is 10.2. The van der Waals surface area contributed by atoms with Gasteiger partial charge >= 0.3 is 5.97 Å². The second-order valence-electron chi connectivity index (χ2n) is 3.10. The minimum Gasteiger partial charge on any atom is -0.478 e. The Morgan fingerprint density at radius 3 is 2.69 bits per heavy atom. The number of carbonyl (C=O) groups is 2. The molecule has 0 heterocycles. The Morgan fingerprint density at radius 1 is 1.38 bits per heavy atom. The first-order valence-electron chi connectivity index (χ1n) is 4.48. The molecule has 0 spiro atoms. The maximum atomic E-state index is 11.3. The lowest BCUT2D eigenvalue weighted by Gasteiger charge is -2.06. The number of carbonyl (C=O) groups excluding carboxylic acids is 1. The van der Waals surface area contributed by atoms with Crippen LogP contribution in [0, 0.1) is 6.92 Å². The van der Waals surface area contributed by atoms with E-state index in [0.29, 0.717) is 5.69 Å². The van der Waals surface area contributed by atoms with E-state index in [2.05, 4.69) is 21.2 Å². The lowest BCUT2D eigenvalue weighted by Crippen LogP contribution is -2.09. The Labute approximate surface area is 101 Å². The van der Waals surface area contributed by atoms with E-state index in [0.717, 1.165) is 22.2 Å². The molecule has 4 nitrogen and oxygen atoms in total. The highest BCUT2D eigenvalue weighted by molar-refractivity contribution is 9.10. The minimum atomic E-state index is -1.15. The molecule has 0 atom stereocenters. The van der Waals surface area contributed by atoms with Crippen molar-refractivity contribution in [2.75, 3.05) is 5.32 Å². The third-order valence-electron chi connectivity index (χ3n) is 1.83. The minimum absolute atomic E-state index is 0.478. The highest BCUT2D eigenvalue weighted by Gasteiger charge is 2.04. The molecule has 0 aliphatic heterocycles. The Kier molecular flexibility index (Phi) is 4.25. The molecule has 0 saturated carbocycles. The highest BCUT2D eigenvalue weighted by Crippen LogP contribution is 2.25. The molecule has 1 aromatic carbocycles. The fraction of sp³-hybridized carbons (Fsp3) is 0.0909. The molecule has 0 aromatic heterocycles. The Morgan fingerprint density at radius 2 is 2.06 bits per heavy atom. The van der Waals surface area contributed by atoms with Gasteiger partial charge in [-0.25, -0.2) is 4.79 Å². The van der Waals surface area contributed by atoms with Crippen LogP contribution in [-0.4, -0.2) is 17.0 Å². The number of hydrogen-bond donors (Lipinski definition) is 2. The number of hydrogen-bond acceptors (Lipinski definition) is 2. The zero-order valence-corrected chi connectivity index (χ0v) is 10.1. The summed E-state index contributed by atoms with van der Waals surface area (Å²) in [6.45, 7) is 1.90. The van der Waals surface area contributed by atoms with E-state index in [9.17, 15) is 9.59 Å². The summed E-state index contributed by atoms with van der Waals surface area (Å²) in [5, 5.41) is 10.9. The van der Waals surface area contributed by atoms with Crippen molar-refractivity contribution < 1.29 is 14.7 Å². The van der Waals surface area contributed by atoms with Crippen LogP contribution < -0.4 is 5.32 Å². The van der Waals surface area contributed by atoms with Gasteiger partial charge in [0.05, 0.1) is 5.69 Å². The number of rotatable bonds is 3. The van der Waals surface area contributed by atoms with Crippen molar-refractivity contribution in [3.05, 3.63) is 40.4 Å². The molecule has 1 amide bonds. The number of nitrogens with one attached hydrogen (secondary N) is 1. The number of carboxylic acids is 1. The van der Waals surface area contributed by atoms with Crippen molar-refractivity contribution in [2.24, 2.45) is 0 Å². The molecule has 0 unspecified atom stereocenters. The molecule has 0 radical (unpaired) electrons. The molecule has 5 heteroatoms. The van der Waals surface area contributed by atoms with Crippen molar-refractivity contribution in [1.82, 2.24) is 0 Å². The predicted octanol–water partition coefficient (Wildman–Crippen LogP) is 2.34. The summed E-state index contributed by atoms with van der Waals surface area (Å²) in [6.07, 6.45) is 1.76. The summed E-state index contributed by atoms with van der Waals surface area (Å²) >= 11 is 3.33. The fourth-order valence-corrected chi connectivity index (χ4v) is 1.43. The van der Waals surface area contributed by atoms with E-state index in [-0.39, 0.29) is 0 Å². The second-order valence-corrected chi connectivity index (χ2v) is 3.89. The molecule has 0 aliphatic carbocycles. The van der Waals surface area contributed by atoms with Crippen molar-refractivity contribution in [1.29, 1.82) is 0 Å². The summed E-state index contributed by atoms with van der Waals surface area (Å²) in [7, 11) is 0. The maximum Gasteiger partial charge on any atom is 0.328 e. The van der Waals surface area contributed by atoms with Crippen LogP contribution in [0.25, 0.3) is 0 Å². The zero-order chi connectivity index (χ0) is 12.1. The second kappa shape index (κ2) is 5.46. The van der Waals surface area contributed by atoms with Gasteiger partial charge in [-0.15, -0.1) is 0 Å². The van der Waals surface area contributed by atoms with Crippen LogP contribution in [-0.2, 0) is 9.59 Å². The quantitative estimate of drug-likeness (QED) is 0.837. The first-order valence-corrected chi connectivity index (χ1v) is 5.27. The van der Waals surface area contributed by atoms with Gasteiger partial charge in [-0.3, -0.25) is 4.79 Å². The normalized spacial score (nSPS) is 10.4. The van der Waals surface area contributed by atoms with Gasteiger partial charge in [0.25, 0.3) is 0 Å². The summed E-state index contributed by atoms with van der Waals surface area (Å²) in [5.74, 6) is -1.63. The molecule has 0 bridgehead atoms. The fourth-order valence-electron chi connectivity index (χ4n) is 1.07. The molecule has 0 saturated heterocycles. The van der Waals surface area contributed by atoms with Crippen molar-refractivity contribution >= 4 is 33.5 Å². The molecule has 0 aliphatic rings. The summed E-state index contributed by atoms with van der Waals surface area (Å²) in [6, 6.07) is 5.42. The lowest BCUT2D eigenvalue weighted by molar-refractivity contribution is -0.131. The summed E-state index contributed by atoms with van der Waals surface area (Å²) in [4.78, 5) is 21.5. The van der Waals surface area contributed by atoms with Gasteiger partial charge in [0.2, 0.25) is 5.91 Å². The molecular formula is C11H10BrNO3. The van der Waals surface area contributed by atoms with Crippen LogP contribution in [0.3, 0.4) is 0 Å². The highest BCUT2D eigenvalue weighted by atomic mass is 79.9. The van der Waals surface area contributed by atoms with Crippen LogP contribution in [0.4, 0.5) is 5.69 Å². The van der Waals surface area contributed by atoms with E-state index in [1.165, 1.54) is 0 Å². The number of aliphatic carboxylic acids is 1. The molecule has 84 valence electrons. The number of carboxylic acid groups (broad SMARTS) is 1. The smallest absolute Gasteiger partial charge is 0.328 e. The van der Waals surface area contributed by atoms with Gasteiger partial charge in [0.15, 0.2) is 0 Å². The molecular weight excluding hydrogens is 274 g/mol. The molecule has 2 N–H and O–H groups in total. The third-order valence-corrected chi connectivity index (χ3v) is 2.88. The van der Waals surface area contributed by atoms with E-state index in [1.54, 1.807) is 12.1 Å². The zero-order valence-electron chi connectivity index (χ0n) is 8.53. The monoisotopic (exact) mass is 283 g/mol. The SMILES string of the molecule is Cc1cccc(NC(=O)/C=C/C(=O)O)c1Br. The maximum absolute atomic E-state index is 11.3. The average Bonchev–Trinajstić information content (AvgIpc) is 2.22. The Balaban J connectivity index is 2.78. The molecule has 16 heavy (non-hydrogen) atoms. The standard InChI is InChI=1S/C11H10BrNO3/c1-7-3-2-4-8(11(7)12)13-9(14)5-6-10(15)16/h2-6H,1H3,(H,13,14)(H,15,16)/b6-5+. The van der Waals surface area contributed by atoms with Crippen molar-refractivity contribution in [2.45, 2.75) is 6.92 Å². The Bertz CT molecular complexity index is 455. The number of benzene rings is 1. The van der Waals surface area contributed by atoms with Crippen molar-refractivity contribution in [3.63, 3.8) is 0 Å². The van der Waals surface area contributed by atoms with Gasteiger partial charge in [0.1, 0.15) is 0 Å². The number of halogens is 1. The van der Waals surface area contributed by atoms with Gasteiger partial charge in [-0.2, -0.15) is 0 Å². The van der Waals surface area contributed by atoms with Crippen LogP contribution in [0.1, 0.15) is 5.56 Å². The number of anilines is 1. The average molecular weight is 284 g/mol. The number of amides is 1. The van der Waals surface area contributed by atoms with Crippen LogP contribution in [0.15, 0.2) is 34.8 Å². The van der Waals surface area contributed by atoms with Crippen LogP contribution in [0.5, 0.6) is 0 Å². The van der Waals surface area contributed by atoms with Crippen LogP contribution >= 0.6 is 15.9 Å². The van der Waals surface area contributed by atoms with Crippen molar-refractivity contribution in [3.8, 4) is 0 Å². The Hall–Kier alpha value is -1.62. The largest absolute Gasteiger partial charge is 0.478 e. The summed E-state index contributed by atoms with van der Waals surface area (Å²) in [5.41, 5.74) is 1.60. The molecule has 0 fully saturated rings. The first kappa shape index (κ1) is 12.4. The van der Waals surface area contributed by atoms with E-state index in [1.807, 2.05) is 13.0 Å². The van der Waals surface area contributed by atoms with Gasteiger partial charge < -0.3 is 10.4 Å². The van der Waals surface area contributed by atoms with Gasteiger partial charge in [-0.05, 0) is 34.5 Å². The molecule has 1 rings (SSSR count). The summed E-state index contributed by atoms with van der Waals surface area (Å²) < 4.78 is 0.784.